The van der Waals surface area contributed by atoms with Crippen LogP contribution in [0.2, 0.25) is 18.1 Å². The van der Waals surface area contributed by atoms with E-state index in [2.05, 4.69) is 39.2 Å². The smallest absolute Gasteiger partial charge is 0.407 e. The molecule has 200 valence electrons. The summed E-state index contributed by atoms with van der Waals surface area (Å²) in [5.74, 6) is -1.24. The maximum atomic E-state index is 12.9. The highest BCUT2D eigenvalue weighted by Gasteiger charge is 2.39. The number of ether oxygens (including phenoxy) is 3. The zero-order valence-electron chi connectivity index (χ0n) is 22.4. The van der Waals surface area contributed by atoms with Gasteiger partial charge in [0, 0.05) is 6.08 Å². The summed E-state index contributed by atoms with van der Waals surface area (Å²) in [4.78, 5) is 37.5. The number of rotatable bonds is 11. The molecule has 0 fully saturated rings. The third kappa shape index (κ3) is 9.85. The second-order valence-corrected chi connectivity index (χ2v) is 14.8. The van der Waals surface area contributed by atoms with Crippen LogP contribution in [0, 0.1) is 0 Å². The molecule has 0 saturated heterocycles. The van der Waals surface area contributed by atoms with Crippen LogP contribution in [0.5, 0.6) is 0 Å². The quantitative estimate of drug-likeness (QED) is 0.184. The fourth-order valence-corrected chi connectivity index (χ4v) is 3.94. The maximum absolute atomic E-state index is 12.9. The van der Waals surface area contributed by atoms with Crippen molar-refractivity contribution < 1.29 is 33.0 Å². The van der Waals surface area contributed by atoms with Crippen molar-refractivity contribution in [3.8, 4) is 0 Å². The SMILES string of the molecule is COC(=O)/C=C/[C@@H](OC(=O)c1ccccc1)[C@@H](CO[Si](C)(C)C(C)(C)C)NC(=O)OCc1ccccc1. The lowest BCUT2D eigenvalue weighted by Crippen LogP contribution is -2.51. The Kier molecular flexibility index (Phi) is 11.1. The van der Waals surface area contributed by atoms with Crippen LogP contribution in [-0.4, -0.2) is 52.2 Å². The van der Waals surface area contributed by atoms with Gasteiger partial charge in [-0.05, 0) is 41.9 Å². The molecule has 0 bridgehead atoms. The first-order valence-electron chi connectivity index (χ1n) is 12.1. The molecule has 2 atom stereocenters. The van der Waals surface area contributed by atoms with E-state index < -0.39 is 38.5 Å². The first-order chi connectivity index (χ1) is 17.4. The Morgan fingerprint density at radius 1 is 0.973 bits per heavy atom. The van der Waals surface area contributed by atoms with E-state index in [0.717, 1.165) is 11.6 Å². The average Bonchev–Trinajstić information content (AvgIpc) is 2.87. The number of amides is 1. The average molecular weight is 528 g/mol. The van der Waals surface area contributed by atoms with Crippen molar-refractivity contribution in [1.82, 2.24) is 5.32 Å². The normalized spacial score (nSPS) is 13.5. The predicted octanol–water partition coefficient (Wildman–Crippen LogP) is 5.26. The summed E-state index contributed by atoms with van der Waals surface area (Å²) in [7, 11) is -0.995. The lowest BCUT2D eigenvalue weighted by Gasteiger charge is -2.38. The Morgan fingerprint density at radius 2 is 1.57 bits per heavy atom. The fourth-order valence-electron chi connectivity index (χ4n) is 2.91. The highest BCUT2D eigenvalue weighted by atomic mass is 28.4. The summed E-state index contributed by atoms with van der Waals surface area (Å²) < 4.78 is 22.2. The summed E-state index contributed by atoms with van der Waals surface area (Å²) in [5, 5.41) is 2.67. The standard InChI is InChI=1S/C28H37NO7Si/c1-28(2,3)37(5,6)35-20-23(29-27(32)34-19-21-13-9-7-10-14-21)24(17-18-25(30)33-4)36-26(31)22-15-11-8-12-16-22/h7-18,23-24H,19-20H2,1-6H3,(H,29,32)/b18-17+/t23-,24-/m1/s1. The molecule has 0 spiro atoms. The highest BCUT2D eigenvalue weighted by molar-refractivity contribution is 6.74. The molecule has 2 rings (SSSR count). The van der Waals surface area contributed by atoms with Crippen molar-refractivity contribution in [3.63, 3.8) is 0 Å². The van der Waals surface area contributed by atoms with Crippen molar-refractivity contribution in [2.75, 3.05) is 13.7 Å². The first kappa shape index (κ1) is 29.8. The van der Waals surface area contributed by atoms with Crippen molar-refractivity contribution in [2.24, 2.45) is 0 Å². The van der Waals surface area contributed by atoms with Crippen LogP contribution in [-0.2, 0) is 30.0 Å². The molecule has 2 aromatic rings. The van der Waals surface area contributed by atoms with Gasteiger partial charge in [-0.15, -0.1) is 0 Å². The molecular weight excluding hydrogens is 490 g/mol. The maximum Gasteiger partial charge on any atom is 0.407 e. The van der Waals surface area contributed by atoms with Crippen molar-refractivity contribution >= 4 is 26.3 Å². The molecule has 0 aliphatic rings. The Balaban J connectivity index is 2.29. The highest BCUT2D eigenvalue weighted by Crippen LogP contribution is 2.36. The van der Waals surface area contributed by atoms with Crippen LogP contribution in [0.25, 0.3) is 0 Å². The van der Waals surface area contributed by atoms with E-state index in [9.17, 15) is 14.4 Å². The Morgan fingerprint density at radius 3 is 2.14 bits per heavy atom. The summed E-state index contributed by atoms with van der Waals surface area (Å²) >= 11 is 0. The number of esters is 2. The minimum atomic E-state index is -2.24. The number of hydrogen-bond acceptors (Lipinski definition) is 7. The molecule has 2 aromatic carbocycles. The number of alkyl carbamates (subject to hydrolysis) is 1. The number of hydrogen-bond donors (Lipinski definition) is 1. The van der Waals surface area contributed by atoms with E-state index in [1.807, 2.05) is 30.3 Å². The van der Waals surface area contributed by atoms with Crippen LogP contribution >= 0.6 is 0 Å². The molecule has 0 aromatic heterocycles. The van der Waals surface area contributed by atoms with Gasteiger partial charge in [0.2, 0.25) is 0 Å². The first-order valence-corrected chi connectivity index (χ1v) is 15.0. The fraction of sp³-hybridized carbons (Fsp3) is 0.393. The molecule has 0 radical (unpaired) electrons. The molecule has 0 heterocycles. The molecule has 0 aliphatic heterocycles. The van der Waals surface area contributed by atoms with Gasteiger partial charge in [0.05, 0.1) is 25.3 Å². The summed E-state index contributed by atoms with van der Waals surface area (Å²) in [6.07, 6.45) is 0.782. The summed E-state index contributed by atoms with van der Waals surface area (Å²) in [6, 6.07) is 16.9. The summed E-state index contributed by atoms with van der Waals surface area (Å²) in [6.45, 7) is 10.5. The third-order valence-corrected chi connectivity index (χ3v) is 10.7. The van der Waals surface area contributed by atoms with Gasteiger partial charge in [-0.25, -0.2) is 14.4 Å². The minimum Gasteiger partial charge on any atom is -0.466 e. The van der Waals surface area contributed by atoms with Gasteiger partial charge in [-0.3, -0.25) is 0 Å². The van der Waals surface area contributed by atoms with Crippen molar-refractivity contribution in [2.45, 2.75) is 57.7 Å². The van der Waals surface area contributed by atoms with Crippen LogP contribution in [0.15, 0.2) is 72.8 Å². The van der Waals surface area contributed by atoms with Gasteiger partial charge in [0.1, 0.15) is 12.7 Å². The second-order valence-electron chi connectivity index (χ2n) is 10.0. The Bertz CT molecular complexity index is 1050. The van der Waals surface area contributed by atoms with E-state index in [1.165, 1.54) is 13.2 Å². The molecule has 1 N–H and O–H groups in total. The topological polar surface area (TPSA) is 100 Å². The molecular formula is C28H37NO7Si. The van der Waals surface area contributed by atoms with Crippen LogP contribution in [0.4, 0.5) is 4.79 Å². The zero-order valence-corrected chi connectivity index (χ0v) is 23.4. The molecule has 0 saturated carbocycles. The number of methoxy groups -OCH3 is 1. The second kappa shape index (κ2) is 13.8. The number of carbonyl (C=O) groups is 3. The van der Waals surface area contributed by atoms with Gasteiger partial charge < -0.3 is 24.0 Å². The van der Waals surface area contributed by atoms with Gasteiger partial charge in [-0.2, -0.15) is 0 Å². The number of benzene rings is 2. The van der Waals surface area contributed by atoms with E-state index in [0.29, 0.717) is 5.56 Å². The van der Waals surface area contributed by atoms with E-state index in [-0.39, 0.29) is 18.3 Å². The number of nitrogens with one attached hydrogen (secondary N) is 1. The lowest BCUT2D eigenvalue weighted by molar-refractivity contribution is -0.134. The minimum absolute atomic E-state index is 0.0369. The third-order valence-electron chi connectivity index (χ3n) is 6.22. The van der Waals surface area contributed by atoms with Crippen LogP contribution < -0.4 is 5.32 Å². The summed E-state index contributed by atoms with van der Waals surface area (Å²) in [5.41, 5.74) is 1.15. The molecule has 1 amide bonds. The van der Waals surface area contributed by atoms with Crippen molar-refractivity contribution in [1.29, 1.82) is 0 Å². The van der Waals surface area contributed by atoms with E-state index in [1.54, 1.807) is 30.3 Å². The van der Waals surface area contributed by atoms with E-state index in [4.69, 9.17) is 18.6 Å². The molecule has 0 unspecified atom stereocenters. The van der Waals surface area contributed by atoms with Crippen LogP contribution in [0.1, 0.15) is 36.7 Å². The molecule has 9 heteroatoms. The van der Waals surface area contributed by atoms with Gasteiger partial charge in [-0.1, -0.05) is 69.3 Å². The van der Waals surface area contributed by atoms with Gasteiger partial charge in [0.15, 0.2) is 8.32 Å². The monoisotopic (exact) mass is 527 g/mol. The molecule has 37 heavy (non-hydrogen) atoms. The Labute approximate surface area is 220 Å². The Hall–Kier alpha value is -3.43. The largest absolute Gasteiger partial charge is 0.466 e. The lowest BCUT2D eigenvalue weighted by atomic mass is 10.1. The van der Waals surface area contributed by atoms with Crippen molar-refractivity contribution in [3.05, 3.63) is 83.9 Å². The number of carbonyl (C=O) groups excluding carboxylic acids is 3. The molecule has 0 aliphatic carbocycles. The van der Waals surface area contributed by atoms with Gasteiger partial charge >= 0.3 is 18.0 Å². The predicted molar refractivity (Wildman–Crippen MR) is 144 cm³/mol. The van der Waals surface area contributed by atoms with Gasteiger partial charge in [0.25, 0.3) is 0 Å². The molecule has 8 nitrogen and oxygen atoms in total. The van der Waals surface area contributed by atoms with Crippen LogP contribution in [0.3, 0.4) is 0 Å². The zero-order chi connectivity index (χ0) is 27.5. The van der Waals surface area contributed by atoms with E-state index >= 15 is 0 Å².